The van der Waals surface area contributed by atoms with Crippen LogP contribution in [0.4, 0.5) is 18.3 Å². The Kier molecular flexibility index (Phi) is 4.49. The summed E-state index contributed by atoms with van der Waals surface area (Å²) >= 11 is 0.414. The Morgan fingerprint density at radius 2 is 2.06 bits per heavy atom. The van der Waals surface area contributed by atoms with E-state index in [2.05, 4.69) is 10.2 Å². The topological polar surface area (TPSA) is 66.3 Å². The number of nitrogens with zero attached hydrogens (tertiary/aromatic N) is 3. The number of anilines is 1. The normalized spacial score (nSPS) is 11.9. The number of hydrogen-bond acceptors (Lipinski definition) is 5. The first-order valence-corrected chi connectivity index (χ1v) is 5.92. The van der Waals surface area contributed by atoms with E-state index in [1.807, 2.05) is 0 Å². The standard InChI is InChI=1S/C9H12F3N3O2S/c1-5(2)15(4-3-6(16)17)8-14-13-7(18-8)9(10,11)12/h5H,3-4H2,1-2H3,(H,16,17). The third-order valence-corrected chi connectivity index (χ3v) is 3.10. The molecule has 0 atom stereocenters. The highest BCUT2D eigenvalue weighted by Crippen LogP contribution is 2.34. The number of carbonyl (C=O) groups is 1. The van der Waals surface area contributed by atoms with Crippen LogP contribution in [0, 0.1) is 0 Å². The second kappa shape index (κ2) is 5.51. The molecule has 0 saturated carbocycles. The Bertz CT molecular complexity index is 419. The van der Waals surface area contributed by atoms with Gasteiger partial charge in [0.2, 0.25) is 10.1 Å². The molecule has 5 nitrogen and oxygen atoms in total. The zero-order valence-corrected chi connectivity index (χ0v) is 10.5. The fourth-order valence-electron chi connectivity index (χ4n) is 1.24. The fraction of sp³-hybridized carbons (Fsp3) is 0.667. The van der Waals surface area contributed by atoms with Crippen LogP contribution >= 0.6 is 11.3 Å². The molecule has 0 fully saturated rings. The Hall–Kier alpha value is -1.38. The minimum Gasteiger partial charge on any atom is -0.481 e. The summed E-state index contributed by atoms with van der Waals surface area (Å²) in [4.78, 5) is 12.0. The van der Waals surface area contributed by atoms with Crippen LogP contribution in [0.1, 0.15) is 25.3 Å². The quantitative estimate of drug-likeness (QED) is 0.897. The van der Waals surface area contributed by atoms with Gasteiger partial charge >= 0.3 is 12.1 Å². The van der Waals surface area contributed by atoms with E-state index in [1.165, 1.54) is 4.90 Å². The average molecular weight is 283 g/mol. The van der Waals surface area contributed by atoms with Crippen molar-refractivity contribution in [2.75, 3.05) is 11.4 Å². The smallest absolute Gasteiger partial charge is 0.445 e. The third kappa shape index (κ3) is 3.83. The molecule has 1 heterocycles. The minimum atomic E-state index is -4.52. The Labute approximate surface area is 105 Å². The van der Waals surface area contributed by atoms with E-state index in [4.69, 9.17) is 5.11 Å². The van der Waals surface area contributed by atoms with Gasteiger partial charge in [0.25, 0.3) is 0 Å². The molecule has 0 aliphatic rings. The van der Waals surface area contributed by atoms with Crippen molar-refractivity contribution in [2.45, 2.75) is 32.5 Å². The van der Waals surface area contributed by atoms with E-state index in [0.717, 1.165) is 0 Å². The zero-order valence-electron chi connectivity index (χ0n) is 9.73. The first-order chi connectivity index (χ1) is 8.21. The number of alkyl halides is 3. The second-order valence-electron chi connectivity index (χ2n) is 3.82. The number of carboxylic acids is 1. The van der Waals surface area contributed by atoms with Crippen LogP contribution in [0.3, 0.4) is 0 Å². The minimum absolute atomic E-state index is 0.0820. The molecule has 9 heteroatoms. The lowest BCUT2D eigenvalue weighted by atomic mass is 10.3. The van der Waals surface area contributed by atoms with Gasteiger partial charge < -0.3 is 10.0 Å². The van der Waals surface area contributed by atoms with Gasteiger partial charge in [0, 0.05) is 12.6 Å². The first-order valence-electron chi connectivity index (χ1n) is 5.11. The number of halogens is 3. The highest BCUT2D eigenvalue weighted by Gasteiger charge is 2.36. The molecule has 1 rings (SSSR count). The summed E-state index contributed by atoms with van der Waals surface area (Å²) in [6.45, 7) is 3.59. The van der Waals surface area contributed by atoms with Gasteiger partial charge in [-0.2, -0.15) is 13.2 Å². The van der Waals surface area contributed by atoms with Crippen LogP contribution in [-0.4, -0.2) is 33.9 Å². The van der Waals surface area contributed by atoms with Crippen LogP contribution in [0.2, 0.25) is 0 Å². The predicted octanol–water partition coefficient (Wildman–Crippen LogP) is 2.25. The van der Waals surface area contributed by atoms with Crippen molar-refractivity contribution >= 4 is 22.4 Å². The largest absolute Gasteiger partial charge is 0.481 e. The van der Waals surface area contributed by atoms with Gasteiger partial charge in [-0.05, 0) is 13.8 Å². The molecule has 18 heavy (non-hydrogen) atoms. The van der Waals surface area contributed by atoms with E-state index < -0.39 is 17.2 Å². The lowest BCUT2D eigenvalue weighted by Crippen LogP contribution is -2.32. The van der Waals surface area contributed by atoms with Crippen molar-refractivity contribution in [1.29, 1.82) is 0 Å². The second-order valence-corrected chi connectivity index (χ2v) is 4.77. The molecule has 0 saturated heterocycles. The highest BCUT2D eigenvalue weighted by molar-refractivity contribution is 7.15. The number of aromatic nitrogens is 2. The van der Waals surface area contributed by atoms with Gasteiger partial charge in [-0.3, -0.25) is 4.79 Å². The molecule has 102 valence electrons. The van der Waals surface area contributed by atoms with Crippen LogP contribution in [0.15, 0.2) is 0 Å². The molecule has 0 amide bonds. The lowest BCUT2D eigenvalue weighted by Gasteiger charge is -2.24. The Morgan fingerprint density at radius 1 is 1.44 bits per heavy atom. The van der Waals surface area contributed by atoms with Gasteiger partial charge in [0.15, 0.2) is 0 Å². The van der Waals surface area contributed by atoms with Crippen LogP contribution < -0.4 is 4.90 Å². The molecule has 0 aromatic carbocycles. The summed E-state index contributed by atoms with van der Waals surface area (Å²) in [7, 11) is 0. The molecular weight excluding hydrogens is 271 g/mol. The first kappa shape index (κ1) is 14.7. The molecule has 0 aliphatic heterocycles. The lowest BCUT2D eigenvalue weighted by molar-refractivity contribution is -0.138. The van der Waals surface area contributed by atoms with Gasteiger partial charge in [-0.15, -0.1) is 10.2 Å². The summed E-state index contributed by atoms with van der Waals surface area (Å²) in [6, 6.07) is -0.154. The average Bonchev–Trinajstić information content (AvgIpc) is 2.65. The van der Waals surface area contributed by atoms with Crippen molar-refractivity contribution in [3.63, 3.8) is 0 Å². The molecule has 1 aromatic heterocycles. The van der Waals surface area contributed by atoms with Crippen molar-refractivity contribution in [2.24, 2.45) is 0 Å². The van der Waals surface area contributed by atoms with Crippen molar-refractivity contribution in [3.8, 4) is 0 Å². The SMILES string of the molecule is CC(C)N(CCC(=O)O)c1nnc(C(F)(F)F)s1. The van der Waals surface area contributed by atoms with Crippen LogP contribution in [0.5, 0.6) is 0 Å². The molecule has 0 spiro atoms. The number of aliphatic carboxylic acids is 1. The van der Waals surface area contributed by atoms with E-state index in [-0.39, 0.29) is 24.1 Å². The maximum Gasteiger partial charge on any atom is 0.445 e. The van der Waals surface area contributed by atoms with Crippen molar-refractivity contribution in [1.82, 2.24) is 10.2 Å². The molecule has 0 unspecified atom stereocenters. The maximum absolute atomic E-state index is 12.4. The molecule has 0 aliphatic carbocycles. The van der Waals surface area contributed by atoms with Crippen molar-refractivity contribution < 1.29 is 23.1 Å². The number of rotatable bonds is 5. The third-order valence-electron chi connectivity index (χ3n) is 2.09. The predicted molar refractivity (Wildman–Crippen MR) is 59.6 cm³/mol. The van der Waals surface area contributed by atoms with E-state index in [0.29, 0.717) is 11.3 Å². The summed E-state index contributed by atoms with van der Waals surface area (Å²) in [6.07, 6.45) is -4.69. The number of carboxylic acid groups (broad SMARTS) is 1. The molecular formula is C9H12F3N3O2S. The van der Waals surface area contributed by atoms with E-state index >= 15 is 0 Å². The van der Waals surface area contributed by atoms with Gasteiger partial charge in [-0.25, -0.2) is 0 Å². The summed E-state index contributed by atoms with van der Waals surface area (Å²) in [5.41, 5.74) is 0. The molecule has 0 bridgehead atoms. The van der Waals surface area contributed by atoms with Crippen LogP contribution in [-0.2, 0) is 11.0 Å². The fourth-order valence-corrected chi connectivity index (χ4v) is 2.11. The summed E-state index contributed by atoms with van der Waals surface area (Å²) in [5, 5.41) is 14.2. The Balaban J connectivity index is 2.86. The molecule has 1 aromatic rings. The molecule has 1 N–H and O–H groups in total. The number of hydrogen-bond donors (Lipinski definition) is 1. The zero-order chi connectivity index (χ0) is 13.9. The van der Waals surface area contributed by atoms with Gasteiger partial charge in [0.1, 0.15) is 0 Å². The molecule has 0 radical (unpaired) electrons. The summed E-state index contributed by atoms with van der Waals surface area (Å²) < 4.78 is 37.1. The van der Waals surface area contributed by atoms with Gasteiger partial charge in [-0.1, -0.05) is 11.3 Å². The van der Waals surface area contributed by atoms with Crippen LogP contribution in [0.25, 0.3) is 0 Å². The van der Waals surface area contributed by atoms with Crippen molar-refractivity contribution in [3.05, 3.63) is 5.01 Å². The van der Waals surface area contributed by atoms with Gasteiger partial charge in [0.05, 0.1) is 6.42 Å². The van der Waals surface area contributed by atoms with E-state index in [1.54, 1.807) is 13.8 Å². The Morgan fingerprint density at radius 3 is 2.44 bits per heavy atom. The maximum atomic E-state index is 12.4. The highest BCUT2D eigenvalue weighted by atomic mass is 32.1. The summed E-state index contributed by atoms with van der Waals surface area (Å²) in [5.74, 6) is -1.01. The monoisotopic (exact) mass is 283 g/mol. The van der Waals surface area contributed by atoms with E-state index in [9.17, 15) is 18.0 Å².